The summed E-state index contributed by atoms with van der Waals surface area (Å²) in [7, 11) is -1.48. The highest BCUT2D eigenvalue weighted by molar-refractivity contribution is 6.58. The topological polar surface area (TPSA) is 95.6 Å². The number of aromatic carboxylic acids is 1. The molecule has 0 aliphatic rings. The molecular weight excluding hydrogens is 283 g/mol. The van der Waals surface area contributed by atoms with E-state index >= 15 is 0 Å². The zero-order chi connectivity index (χ0) is 15.7. The van der Waals surface area contributed by atoms with Crippen LogP contribution in [0.4, 0.5) is 0 Å². The van der Waals surface area contributed by atoms with Crippen LogP contribution in [0.25, 0.3) is 10.9 Å². The predicted molar refractivity (Wildman–Crippen MR) is 82.1 cm³/mol. The Morgan fingerprint density at radius 1 is 1.14 bits per heavy atom. The van der Waals surface area contributed by atoms with E-state index in [9.17, 15) is 4.79 Å². The van der Waals surface area contributed by atoms with E-state index in [-0.39, 0.29) is 5.56 Å². The number of aromatic nitrogens is 2. The molecule has 3 aromatic rings. The summed E-state index contributed by atoms with van der Waals surface area (Å²) in [6.45, 7) is 0.512. The van der Waals surface area contributed by atoms with Crippen LogP contribution in [0.3, 0.4) is 0 Å². The van der Waals surface area contributed by atoms with Crippen LogP contribution >= 0.6 is 0 Å². The zero-order valence-corrected chi connectivity index (χ0v) is 11.5. The largest absolute Gasteiger partial charge is 0.488 e. The lowest BCUT2D eigenvalue weighted by atomic mass is 9.80. The summed E-state index contributed by atoms with van der Waals surface area (Å²) in [5, 5.41) is 32.2. The number of fused-ring (bicyclic) bond motifs is 1. The van der Waals surface area contributed by atoms with Crippen LogP contribution in [0.5, 0.6) is 0 Å². The molecule has 0 saturated heterocycles. The van der Waals surface area contributed by atoms with Gasteiger partial charge in [-0.05, 0) is 29.2 Å². The van der Waals surface area contributed by atoms with Crippen molar-refractivity contribution in [1.82, 2.24) is 9.78 Å². The summed E-state index contributed by atoms with van der Waals surface area (Å²) in [4.78, 5) is 11.0. The fraction of sp³-hybridized carbons (Fsp3) is 0.0667. The fourth-order valence-corrected chi connectivity index (χ4v) is 2.31. The Balaban J connectivity index is 1.89. The van der Waals surface area contributed by atoms with E-state index in [1.54, 1.807) is 53.3 Å². The van der Waals surface area contributed by atoms with Crippen molar-refractivity contribution in [2.45, 2.75) is 6.54 Å². The third-order valence-electron chi connectivity index (χ3n) is 3.50. The SMILES string of the molecule is O=C(O)c1ccc2c(cnn2Cc2ccc(B(O)O)cc2)c1. The lowest BCUT2D eigenvalue weighted by Crippen LogP contribution is -2.29. The van der Waals surface area contributed by atoms with Gasteiger partial charge in [0.25, 0.3) is 0 Å². The molecule has 0 radical (unpaired) electrons. The Bertz CT molecular complexity index is 827. The van der Waals surface area contributed by atoms with Crippen molar-refractivity contribution >= 4 is 29.5 Å². The second-order valence-electron chi connectivity index (χ2n) is 5.00. The third kappa shape index (κ3) is 2.72. The summed E-state index contributed by atoms with van der Waals surface area (Å²) in [6.07, 6.45) is 1.63. The molecule has 6 nitrogen and oxygen atoms in total. The number of carboxylic acid groups (broad SMARTS) is 1. The highest BCUT2D eigenvalue weighted by atomic mass is 16.4. The molecule has 22 heavy (non-hydrogen) atoms. The highest BCUT2D eigenvalue weighted by Crippen LogP contribution is 2.17. The minimum absolute atomic E-state index is 0.230. The molecule has 0 saturated carbocycles. The zero-order valence-electron chi connectivity index (χ0n) is 11.5. The molecule has 3 rings (SSSR count). The van der Waals surface area contributed by atoms with Crippen LogP contribution in [-0.2, 0) is 6.54 Å². The molecule has 0 amide bonds. The second kappa shape index (κ2) is 5.63. The molecule has 0 aliphatic heterocycles. The summed E-state index contributed by atoms with van der Waals surface area (Å²) in [5.41, 5.74) is 2.46. The average Bonchev–Trinajstić information content (AvgIpc) is 2.90. The molecule has 7 heteroatoms. The van der Waals surface area contributed by atoms with E-state index < -0.39 is 13.1 Å². The van der Waals surface area contributed by atoms with Gasteiger partial charge in [0, 0.05) is 5.39 Å². The number of hydrogen-bond donors (Lipinski definition) is 3. The van der Waals surface area contributed by atoms with E-state index in [0.29, 0.717) is 12.0 Å². The van der Waals surface area contributed by atoms with Crippen molar-refractivity contribution in [3.8, 4) is 0 Å². The van der Waals surface area contributed by atoms with Gasteiger partial charge in [0.15, 0.2) is 0 Å². The summed E-state index contributed by atoms with van der Waals surface area (Å²) < 4.78 is 1.77. The van der Waals surface area contributed by atoms with Gasteiger partial charge in [0.05, 0.1) is 23.8 Å². The fourth-order valence-electron chi connectivity index (χ4n) is 2.31. The number of carbonyl (C=O) groups is 1. The van der Waals surface area contributed by atoms with Gasteiger partial charge in [-0.15, -0.1) is 0 Å². The van der Waals surface area contributed by atoms with Gasteiger partial charge in [-0.3, -0.25) is 4.68 Å². The van der Waals surface area contributed by atoms with Crippen molar-refractivity contribution in [3.63, 3.8) is 0 Å². The van der Waals surface area contributed by atoms with Gasteiger partial charge in [0.1, 0.15) is 0 Å². The van der Waals surface area contributed by atoms with Crippen LogP contribution in [0.1, 0.15) is 15.9 Å². The molecule has 110 valence electrons. The van der Waals surface area contributed by atoms with Gasteiger partial charge in [0.2, 0.25) is 0 Å². The Morgan fingerprint density at radius 3 is 2.50 bits per heavy atom. The van der Waals surface area contributed by atoms with Gasteiger partial charge < -0.3 is 15.2 Å². The molecule has 3 N–H and O–H groups in total. The maximum atomic E-state index is 11.0. The van der Waals surface area contributed by atoms with Gasteiger partial charge in [-0.1, -0.05) is 24.3 Å². The Kier molecular flexibility index (Phi) is 3.66. The van der Waals surface area contributed by atoms with Gasteiger partial charge in [-0.25, -0.2) is 4.79 Å². The Hall–Kier alpha value is -2.64. The molecule has 1 aromatic heterocycles. The average molecular weight is 296 g/mol. The number of nitrogens with zero attached hydrogens (tertiary/aromatic N) is 2. The van der Waals surface area contributed by atoms with Crippen molar-refractivity contribution in [2.75, 3.05) is 0 Å². The van der Waals surface area contributed by atoms with Crippen molar-refractivity contribution in [1.29, 1.82) is 0 Å². The first kappa shape index (κ1) is 14.3. The minimum Gasteiger partial charge on any atom is -0.478 e. The molecule has 0 bridgehead atoms. The van der Waals surface area contributed by atoms with Crippen LogP contribution in [0, 0.1) is 0 Å². The number of rotatable bonds is 4. The summed E-state index contributed by atoms with van der Waals surface area (Å²) >= 11 is 0. The number of carboxylic acids is 1. The highest BCUT2D eigenvalue weighted by Gasteiger charge is 2.11. The summed E-state index contributed by atoms with van der Waals surface area (Å²) in [6, 6.07) is 11.8. The van der Waals surface area contributed by atoms with Gasteiger partial charge in [-0.2, -0.15) is 5.10 Å². The molecule has 0 fully saturated rings. The first-order valence-electron chi connectivity index (χ1n) is 6.68. The molecule has 0 unspecified atom stereocenters. The quantitative estimate of drug-likeness (QED) is 0.608. The van der Waals surface area contributed by atoms with Crippen molar-refractivity contribution in [2.24, 2.45) is 0 Å². The molecule has 0 spiro atoms. The predicted octanol–water partition coefficient (Wildman–Crippen LogP) is 0.463. The van der Waals surface area contributed by atoms with E-state index in [2.05, 4.69) is 5.10 Å². The van der Waals surface area contributed by atoms with Crippen LogP contribution in [0.15, 0.2) is 48.7 Å². The number of hydrogen-bond acceptors (Lipinski definition) is 4. The second-order valence-corrected chi connectivity index (χ2v) is 5.00. The molecule has 1 heterocycles. The third-order valence-corrected chi connectivity index (χ3v) is 3.50. The lowest BCUT2D eigenvalue weighted by molar-refractivity contribution is 0.0697. The standard InChI is InChI=1S/C15H13BN2O4/c19-15(20)11-3-6-14-12(7-11)8-17-18(14)9-10-1-4-13(5-2-10)16(21)22/h1-8,21-22H,9H2,(H,19,20). The minimum atomic E-state index is -1.48. The van der Waals surface area contributed by atoms with Crippen LogP contribution < -0.4 is 5.46 Å². The maximum Gasteiger partial charge on any atom is 0.488 e. The monoisotopic (exact) mass is 296 g/mol. The van der Waals surface area contributed by atoms with E-state index in [0.717, 1.165) is 16.5 Å². The van der Waals surface area contributed by atoms with E-state index in [4.69, 9.17) is 15.2 Å². The maximum absolute atomic E-state index is 11.0. The number of benzene rings is 2. The summed E-state index contributed by atoms with van der Waals surface area (Å²) in [5.74, 6) is -0.965. The normalized spacial score (nSPS) is 10.8. The van der Waals surface area contributed by atoms with Crippen LogP contribution in [0.2, 0.25) is 0 Å². The van der Waals surface area contributed by atoms with Gasteiger partial charge >= 0.3 is 13.1 Å². The Morgan fingerprint density at radius 2 is 1.86 bits per heavy atom. The lowest BCUT2D eigenvalue weighted by Gasteiger charge is -2.06. The first-order valence-corrected chi connectivity index (χ1v) is 6.68. The molecule has 0 aliphatic carbocycles. The smallest absolute Gasteiger partial charge is 0.478 e. The molecular formula is C15H13BN2O4. The Labute approximate surface area is 126 Å². The molecule has 0 atom stereocenters. The van der Waals surface area contributed by atoms with Crippen LogP contribution in [-0.4, -0.2) is 38.0 Å². The van der Waals surface area contributed by atoms with E-state index in [1.165, 1.54) is 0 Å². The first-order chi connectivity index (χ1) is 10.5. The van der Waals surface area contributed by atoms with Crippen molar-refractivity contribution in [3.05, 3.63) is 59.8 Å². The van der Waals surface area contributed by atoms with E-state index in [1.807, 2.05) is 0 Å². The molecule has 2 aromatic carbocycles. The van der Waals surface area contributed by atoms with Crippen molar-refractivity contribution < 1.29 is 19.9 Å².